The van der Waals surface area contributed by atoms with E-state index in [0.29, 0.717) is 12.1 Å². The van der Waals surface area contributed by atoms with Crippen LogP contribution >= 0.6 is 0 Å². The summed E-state index contributed by atoms with van der Waals surface area (Å²) in [5.41, 5.74) is 3.18. The third-order valence-corrected chi connectivity index (χ3v) is 5.73. The van der Waals surface area contributed by atoms with Crippen LogP contribution in [0.2, 0.25) is 0 Å². The maximum atomic E-state index is 12.3. The molecule has 122 valence electrons. The van der Waals surface area contributed by atoms with Gasteiger partial charge in [0, 0.05) is 11.7 Å². The van der Waals surface area contributed by atoms with Crippen molar-refractivity contribution in [1.82, 2.24) is 15.1 Å². The van der Waals surface area contributed by atoms with Crippen LogP contribution in [0.15, 0.2) is 30.3 Å². The number of carbonyl (C=O) groups excluding carboxylic acids is 1. The molecule has 3 rings (SSSR count). The minimum Gasteiger partial charge on any atom is -0.347 e. The maximum absolute atomic E-state index is 12.3. The standard InChI is InChI=1S/C16H19N3O3S/c1-11-3-5-14(6-4-11)19-12(2)9-15(18-19)16(20)17-13-7-8-23(21,22)10-13/h3-6,9,13H,7-8,10H2,1-2H3,(H,17,20). The van der Waals surface area contributed by atoms with Crippen LogP contribution in [0.25, 0.3) is 5.69 Å². The summed E-state index contributed by atoms with van der Waals surface area (Å²) in [4.78, 5) is 12.3. The number of carbonyl (C=O) groups is 1. The molecule has 23 heavy (non-hydrogen) atoms. The minimum absolute atomic E-state index is 0.0103. The number of nitrogens with one attached hydrogen (secondary N) is 1. The van der Waals surface area contributed by atoms with Gasteiger partial charge >= 0.3 is 0 Å². The summed E-state index contributed by atoms with van der Waals surface area (Å²) in [5.74, 6) is -0.188. The Morgan fingerprint density at radius 3 is 2.57 bits per heavy atom. The molecular weight excluding hydrogens is 314 g/mol. The van der Waals surface area contributed by atoms with Crippen molar-refractivity contribution in [2.75, 3.05) is 11.5 Å². The SMILES string of the molecule is Cc1ccc(-n2nc(C(=O)NC3CCS(=O)(=O)C3)cc2C)cc1. The third kappa shape index (κ3) is 3.44. The molecule has 0 saturated carbocycles. The number of benzene rings is 1. The summed E-state index contributed by atoms with van der Waals surface area (Å²) in [6.45, 7) is 3.89. The highest BCUT2D eigenvalue weighted by molar-refractivity contribution is 7.91. The first-order chi connectivity index (χ1) is 10.8. The van der Waals surface area contributed by atoms with Crippen molar-refractivity contribution < 1.29 is 13.2 Å². The van der Waals surface area contributed by atoms with Crippen LogP contribution in [0.5, 0.6) is 0 Å². The molecule has 1 aliphatic rings. The van der Waals surface area contributed by atoms with E-state index in [2.05, 4.69) is 10.4 Å². The van der Waals surface area contributed by atoms with Crippen LogP contribution in [0.4, 0.5) is 0 Å². The van der Waals surface area contributed by atoms with Crippen LogP contribution in [-0.2, 0) is 9.84 Å². The van der Waals surface area contributed by atoms with Crippen molar-refractivity contribution >= 4 is 15.7 Å². The van der Waals surface area contributed by atoms with Crippen molar-refractivity contribution in [1.29, 1.82) is 0 Å². The van der Waals surface area contributed by atoms with Gasteiger partial charge in [0.05, 0.1) is 17.2 Å². The Labute approximate surface area is 135 Å². The van der Waals surface area contributed by atoms with Gasteiger partial charge in [-0.1, -0.05) is 17.7 Å². The predicted octanol–water partition coefficient (Wildman–Crippen LogP) is 1.41. The number of nitrogens with zero attached hydrogens (tertiary/aromatic N) is 2. The summed E-state index contributed by atoms with van der Waals surface area (Å²) in [6, 6.07) is 9.25. The maximum Gasteiger partial charge on any atom is 0.272 e. The topological polar surface area (TPSA) is 81.1 Å². The molecule has 2 heterocycles. The molecule has 1 aromatic carbocycles. The van der Waals surface area contributed by atoms with Crippen LogP contribution in [0.1, 0.15) is 28.2 Å². The molecule has 0 radical (unpaired) electrons. The lowest BCUT2D eigenvalue weighted by Gasteiger charge is -2.09. The highest BCUT2D eigenvalue weighted by Gasteiger charge is 2.29. The van der Waals surface area contributed by atoms with Crippen molar-refractivity contribution in [3.8, 4) is 5.69 Å². The molecule has 1 atom stereocenters. The van der Waals surface area contributed by atoms with Gasteiger partial charge in [0.25, 0.3) is 5.91 Å². The van der Waals surface area contributed by atoms with Gasteiger partial charge in [-0.25, -0.2) is 13.1 Å². The zero-order valence-electron chi connectivity index (χ0n) is 13.1. The first-order valence-electron chi connectivity index (χ1n) is 7.49. The van der Waals surface area contributed by atoms with Gasteiger partial charge in [-0.2, -0.15) is 5.10 Å². The second-order valence-corrected chi connectivity index (χ2v) is 8.22. The van der Waals surface area contributed by atoms with Gasteiger partial charge in [0.15, 0.2) is 15.5 Å². The molecule has 1 fully saturated rings. The fraction of sp³-hybridized carbons (Fsp3) is 0.375. The number of sulfone groups is 1. The van der Waals surface area contributed by atoms with E-state index in [4.69, 9.17) is 0 Å². The average molecular weight is 333 g/mol. The third-order valence-electron chi connectivity index (χ3n) is 3.97. The summed E-state index contributed by atoms with van der Waals surface area (Å²) in [6.07, 6.45) is 0.464. The molecule has 0 aliphatic carbocycles. The Hall–Kier alpha value is -2.15. The van der Waals surface area contributed by atoms with Crippen molar-refractivity contribution in [2.45, 2.75) is 26.3 Å². The molecular formula is C16H19N3O3S. The Kier molecular flexibility index (Phi) is 3.97. The summed E-state index contributed by atoms with van der Waals surface area (Å²) in [7, 11) is -3.01. The van der Waals surface area contributed by atoms with Crippen LogP contribution in [0.3, 0.4) is 0 Å². The minimum atomic E-state index is -3.01. The smallest absolute Gasteiger partial charge is 0.272 e. The zero-order valence-corrected chi connectivity index (χ0v) is 13.9. The van der Waals surface area contributed by atoms with Crippen molar-refractivity contribution in [2.24, 2.45) is 0 Å². The first-order valence-corrected chi connectivity index (χ1v) is 9.31. The monoisotopic (exact) mass is 333 g/mol. The Balaban J connectivity index is 1.77. The molecule has 1 unspecified atom stereocenters. The van der Waals surface area contributed by atoms with E-state index in [9.17, 15) is 13.2 Å². The number of rotatable bonds is 3. The summed E-state index contributed by atoms with van der Waals surface area (Å²) in [5, 5.41) is 7.10. The number of hydrogen-bond acceptors (Lipinski definition) is 4. The fourth-order valence-corrected chi connectivity index (χ4v) is 4.37. The summed E-state index contributed by atoms with van der Waals surface area (Å²) < 4.78 is 24.6. The van der Waals surface area contributed by atoms with Gasteiger partial charge in [-0.3, -0.25) is 4.79 Å². The largest absolute Gasteiger partial charge is 0.347 e. The predicted molar refractivity (Wildman–Crippen MR) is 87.6 cm³/mol. The molecule has 1 aliphatic heterocycles. The molecule has 1 aromatic heterocycles. The number of aromatic nitrogens is 2. The van der Waals surface area contributed by atoms with Crippen molar-refractivity contribution in [3.63, 3.8) is 0 Å². The molecule has 1 saturated heterocycles. The van der Waals surface area contributed by atoms with Gasteiger partial charge in [0.1, 0.15) is 0 Å². The van der Waals surface area contributed by atoms with Crippen LogP contribution in [0, 0.1) is 13.8 Å². The second kappa shape index (κ2) is 5.81. The molecule has 2 aromatic rings. The van der Waals surface area contributed by atoms with E-state index >= 15 is 0 Å². The Bertz CT molecular complexity index is 838. The summed E-state index contributed by atoms with van der Waals surface area (Å²) >= 11 is 0. The van der Waals surface area contributed by atoms with E-state index in [1.807, 2.05) is 38.1 Å². The van der Waals surface area contributed by atoms with E-state index < -0.39 is 9.84 Å². The van der Waals surface area contributed by atoms with Crippen LogP contribution < -0.4 is 5.32 Å². The lowest BCUT2D eigenvalue weighted by atomic mass is 10.2. The molecule has 7 heteroatoms. The Morgan fingerprint density at radius 2 is 1.96 bits per heavy atom. The molecule has 6 nitrogen and oxygen atoms in total. The second-order valence-electron chi connectivity index (χ2n) is 5.99. The van der Waals surface area contributed by atoms with E-state index in [1.54, 1.807) is 10.7 Å². The van der Waals surface area contributed by atoms with Gasteiger partial charge in [-0.05, 0) is 38.5 Å². The first kappa shape index (κ1) is 15.7. The lowest BCUT2D eigenvalue weighted by Crippen LogP contribution is -2.35. The quantitative estimate of drug-likeness (QED) is 0.921. The fourth-order valence-electron chi connectivity index (χ4n) is 2.70. The van der Waals surface area contributed by atoms with Gasteiger partial charge in [0.2, 0.25) is 0 Å². The van der Waals surface area contributed by atoms with Gasteiger partial charge in [-0.15, -0.1) is 0 Å². The highest BCUT2D eigenvalue weighted by atomic mass is 32.2. The van der Waals surface area contributed by atoms with E-state index in [1.165, 1.54) is 0 Å². The number of aryl methyl sites for hydroxylation is 2. The average Bonchev–Trinajstić information content (AvgIpc) is 3.03. The molecule has 1 N–H and O–H groups in total. The highest BCUT2D eigenvalue weighted by Crippen LogP contribution is 2.15. The molecule has 0 spiro atoms. The molecule has 0 bridgehead atoms. The number of hydrogen-bond donors (Lipinski definition) is 1. The lowest BCUT2D eigenvalue weighted by molar-refractivity contribution is 0.0935. The van der Waals surface area contributed by atoms with Crippen LogP contribution in [-0.4, -0.2) is 41.7 Å². The van der Waals surface area contributed by atoms with E-state index in [0.717, 1.165) is 16.9 Å². The van der Waals surface area contributed by atoms with Gasteiger partial charge < -0.3 is 5.32 Å². The molecule has 1 amide bonds. The number of amides is 1. The zero-order chi connectivity index (χ0) is 16.6. The van der Waals surface area contributed by atoms with E-state index in [-0.39, 0.29) is 23.5 Å². The Morgan fingerprint density at radius 1 is 1.26 bits per heavy atom. The normalized spacial score (nSPS) is 19.7. The van der Waals surface area contributed by atoms with Crippen molar-refractivity contribution in [3.05, 3.63) is 47.3 Å².